The van der Waals surface area contributed by atoms with Gasteiger partial charge in [0.25, 0.3) is 5.91 Å². The molecule has 152 valence electrons. The Kier molecular flexibility index (Phi) is 6.21. The number of amides is 1. The van der Waals surface area contributed by atoms with Gasteiger partial charge in [0.05, 0.1) is 23.0 Å². The zero-order valence-corrected chi connectivity index (χ0v) is 17.2. The Balaban J connectivity index is 1.16. The molecule has 1 aliphatic rings. The van der Waals surface area contributed by atoms with E-state index in [-0.39, 0.29) is 5.91 Å². The molecule has 4 rings (SSSR count). The second-order valence-electron chi connectivity index (χ2n) is 7.26. The average Bonchev–Trinajstić information content (AvgIpc) is 3.18. The number of piperazine rings is 1. The van der Waals surface area contributed by atoms with Crippen LogP contribution >= 0.6 is 11.5 Å². The van der Waals surface area contributed by atoms with E-state index in [0.29, 0.717) is 17.8 Å². The van der Waals surface area contributed by atoms with Crippen molar-refractivity contribution in [1.82, 2.24) is 19.6 Å². The maximum Gasteiger partial charge on any atom is 0.253 e. The van der Waals surface area contributed by atoms with Gasteiger partial charge in [0.2, 0.25) is 0 Å². The number of nitrogens with one attached hydrogen (secondary N) is 1. The number of hydrogen-bond donors (Lipinski definition) is 2. The molecule has 3 heterocycles. The third kappa shape index (κ3) is 4.65. The zero-order valence-electron chi connectivity index (χ0n) is 16.4. The number of nitrogens with zero attached hydrogens (tertiary/aromatic N) is 4. The van der Waals surface area contributed by atoms with Crippen molar-refractivity contribution < 1.29 is 4.79 Å². The van der Waals surface area contributed by atoms with Crippen molar-refractivity contribution in [3.8, 4) is 0 Å². The molecule has 8 heteroatoms. The molecule has 0 radical (unpaired) electrons. The van der Waals surface area contributed by atoms with Crippen LogP contribution in [-0.4, -0.2) is 59.4 Å². The van der Waals surface area contributed by atoms with Crippen molar-refractivity contribution >= 4 is 39.0 Å². The molecule has 0 saturated carbocycles. The molecular weight excluding hydrogens is 384 g/mol. The number of pyridine rings is 1. The number of carbonyl (C=O) groups is 1. The topological polar surface area (TPSA) is 87.4 Å². The Hall–Kier alpha value is -2.71. The summed E-state index contributed by atoms with van der Waals surface area (Å²) in [7, 11) is 0. The van der Waals surface area contributed by atoms with Gasteiger partial charge < -0.3 is 16.0 Å². The molecule has 3 N–H and O–H groups in total. The summed E-state index contributed by atoms with van der Waals surface area (Å²) < 4.78 is 4.57. The molecule has 3 aromatic rings. The number of carbonyl (C=O) groups excluding carboxylic acids is 1. The summed E-state index contributed by atoms with van der Waals surface area (Å²) in [4.78, 5) is 21.0. The lowest BCUT2D eigenvalue weighted by molar-refractivity contribution is 0.0953. The minimum absolute atomic E-state index is 0.129. The molecular formula is C21H26N6OS. The Bertz CT molecular complexity index is 966. The van der Waals surface area contributed by atoms with Crippen LogP contribution in [0.3, 0.4) is 0 Å². The molecule has 1 fully saturated rings. The normalized spacial score (nSPS) is 15.0. The van der Waals surface area contributed by atoms with Crippen LogP contribution in [0, 0.1) is 0 Å². The van der Waals surface area contributed by atoms with Crippen molar-refractivity contribution in [2.75, 3.05) is 49.9 Å². The Morgan fingerprint density at radius 3 is 2.79 bits per heavy atom. The van der Waals surface area contributed by atoms with E-state index < -0.39 is 0 Å². The number of benzene rings is 1. The van der Waals surface area contributed by atoms with Crippen LogP contribution in [0.1, 0.15) is 23.2 Å². The predicted octanol–water partition coefficient (Wildman–Crippen LogP) is 2.61. The first-order chi connectivity index (χ1) is 14.2. The lowest BCUT2D eigenvalue weighted by Crippen LogP contribution is -2.46. The summed E-state index contributed by atoms with van der Waals surface area (Å²) in [5, 5.41) is 5.49. The third-order valence-electron chi connectivity index (χ3n) is 5.31. The van der Waals surface area contributed by atoms with E-state index >= 15 is 0 Å². The summed E-state index contributed by atoms with van der Waals surface area (Å²) in [6.45, 7) is 5.91. The maximum absolute atomic E-state index is 12.1. The second-order valence-corrected chi connectivity index (χ2v) is 8.01. The quantitative estimate of drug-likeness (QED) is 0.582. The molecule has 7 nitrogen and oxygen atoms in total. The molecule has 2 aromatic heterocycles. The minimum atomic E-state index is -0.129. The highest BCUT2D eigenvalue weighted by Gasteiger charge is 2.20. The van der Waals surface area contributed by atoms with Gasteiger partial charge in [0.1, 0.15) is 5.00 Å². The van der Waals surface area contributed by atoms with Crippen LogP contribution in [0.25, 0.3) is 10.9 Å². The van der Waals surface area contributed by atoms with Crippen molar-refractivity contribution in [2.24, 2.45) is 0 Å². The fraction of sp³-hybridized carbons (Fsp3) is 0.381. The molecule has 0 aliphatic carbocycles. The monoisotopic (exact) mass is 410 g/mol. The minimum Gasteiger partial charge on any atom is -0.397 e. The predicted molar refractivity (Wildman–Crippen MR) is 118 cm³/mol. The number of rotatable bonds is 7. The maximum atomic E-state index is 12.1. The highest BCUT2D eigenvalue weighted by molar-refractivity contribution is 7.11. The number of anilines is 2. The van der Waals surface area contributed by atoms with Gasteiger partial charge in [-0.2, -0.15) is 4.37 Å². The van der Waals surface area contributed by atoms with Crippen LogP contribution in [0.4, 0.5) is 10.7 Å². The van der Waals surface area contributed by atoms with Crippen LogP contribution in [0.15, 0.2) is 42.7 Å². The SMILES string of the molecule is Nc1cnccc1C(=O)NCCCCN1CCN(c2snc3ccccc23)CC1. The van der Waals surface area contributed by atoms with E-state index in [0.717, 1.165) is 51.1 Å². The number of hydrogen-bond acceptors (Lipinski definition) is 7. The fourth-order valence-electron chi connectivity index (χ4n) is 3.65. The van der Waals surface area contributed by atoms with Crippen molar-refractivity contribution in [3.05, 3.63) is 48.3 Å². The van der Waals surface area contributed by atoms with E-state index in [1.807, 2.05) is 6.07 Å². The summed E-state index contributed by atoms with van der Waals surface area (Å²) in [5.41, 5.74) is 7.78. The van der Waals surface area contributed by atoms with Gasteiger partial charge in [0.15, 0.2) is 0 Å². The van der Waals surface area contributed by atoms with E-state index in [1.165, 1.54) is 16.6 Å². The van der Waals surface area contributed by atoms with Gasteiger partial charge in [0, 0.05) is 44.3 Å². The van der Waals surface area contributed by atoms with Crippen molar-refractivity contribution in [3.63, 3.8) is 0 Å². The molecule has 0 bridgehead atoms. The highest BCUT2D eigenvalue weighted by atomic mass is 32.1. The summed E-state index contributed by atoms with van der Waals surface area (Å²) in [5.74, 6) is -0.129. The third-order valence-corrected chi connectivity index (χ3v) is 6.25. The zero-order chi connectivity index (χ0) is 20.1. The van der Waals surface area contributed by atoms with Gasteiger partial charge in [-0.05, 0) is 49.1 Å². The lowest BCUT2D eigenvalue weighted by atomic mass is 10.2. The molecule has 1 saturated heterocycles. The van der Waals surface area contributed by atoms with E-state index in [9.17, 15) is 4.79 Å². The van der Waals surface area contributed by atoms with Crippen molar-refractivity contribution in [1.29, 1.82) is 0 Å². The molecule has 29 heavy (non-hydrogen) atoms. The first-order valence-corrected chi connectivity index (χ1v) is 10.8. The van der Waals surface area contributed by atoms with Crippen LogP contribution in [0.2, 0.25) is 0 Å². The second kappa shape index (κ2) is 9.19. The molecule has 1 amide bonds. The summed E-state index contributed by atoms with van der Waals surface area (Å²) >= 11 is 1.60. The van der Waals surface area contributed by atoms with Crippen LogP contribution in [-0.2, 0) is 0 Å². The Morgan fingerprint density at radius 2 is 1.97 bits per heavy atom. The number of nitrogens with two attached hydrogens (primary N) is 1. The number of fused-ring (bicyclic) bond motifs is 1. The molecule has 0 spiro atoms. The van der Waals surface area contributed by atoms with Gasteiger partial charge in [-0.3, -0.25) is 14.7 Å². The number of nitrogen functional groups attached to an aromatic ring is 1. The molecule has 1 aromatic carbocycles. The van der Waals surface area contributed by atoms with Crippen LogP contribution in [0.5, 0.6) is 0 Å². The fourth-order valence-corrected chi connectivity index (χ4v) is 4.56. The number of aromatic nitrogens is 2. The highest BCUT2D eigenvalue weighted by Crippen LogP contribution is 2.31. The van der Waals surface area contributed by atoms with Crippen molar-refractivity contribution in [2.45, 2.75) is 12.8 Å². The standard InChI is InChI=1S/C21H26N6OS/c22-18-15-23-9-7-16(18)20(28)24-8-3-4-10-26-11-13-27(14-12-26)21-17-5-1-2-6-19(17)25-29-21/h1-2,5-7,9,15H,3-4,8,10-14,22H2,(H,24,28). The molecule has 0 unspecified atom stereocenters. The largest absolute Gasteiger partial charge is 0.397 e. The Labute approximate surface area is 174 Å². The van der Waals surface area contributed by atoms with Gasteiger partial charge in [-0.1, -0.05) is 12.1 Å². The lowest BCUT2D eigenvalue weighted by Gasteiger charge is -2.35. The van der Waals surface area contributed by atoms with Gasteiger partial charge in [-0.25, -0.2) is 0 Å². The summed E-state index contributed by atoms with van der Waals surface area (Å²) in [6.07, 6.45) is 5.11. The smallest absolute Gasteiger partial charge is 0.253 e. The number of unbranched alkanes of at least 4 members (excludes halogenated alkanes) is 1. The molecule has 0 atom stereocenters. The average molecular weight is 411 g/mol. The van der Waals surface area contributed by atoms with Gasteiger partial charge in [-0.15, -0.1) is 0 Å². The van der Waals surface area contributed by atoms with E-state index in [4.69, 9.17) is 5.73 Å². The van der Waals surface area contributed by atoms with E-state index in [1.54, 1.807) is 23.8 Å². The molecule has 1 aliphatic heterocycles. The first-order valence-electron chi connectivity index (χ1n) is 10.0. The Morgan fingerprint density at radius 1 is 1.14 bits per heavy atom. The van der Waals surface area contributed by atoms with Crippen LogP contribution < -0.4 is 16.0 Å². The summed E-state index contributed by atoms with van der Waals surface area (Å²) in [6, 6.07) is 10.0. The van der Waals surface area contributed by atoms with E-state index in [2.05, 4.69) is 42.7 Å². The first kappa shape index (κ1) is 19.6. The van der Waals surface area contributed by atoms with Gasteiger partial charge >= 0.3 is 0 Å².